The molecule has 1 aromatic rings. The van der Waals surface area contributed by atoms with Crippen LogP contribution in [0.3, 0.4) is 0 Å². The first kappa shape index (κ1) is 28.1. The van der Waals surface area contributed by atoms with E-state index in [4.69, 9.17) is 10.8 Å². The summed E-state index contributed by atoms with van der Waals surface area (Å²) in [7, 11) is 0. The van der Waals surface area contributed by atoms with Gasteiger partial charge in [0.1, 0.15) is 18.1 Å². The number of carboxylic acid groups (broad SMARTS) is 2. The van der Waals surface area contributed by atoms with Gasteiger partial charge in [0.25, 0.3) is 0 Å². The highest BCUT2D eigenvalue weighted by Crippen LogP contribution is 2.19. The van der Waals surface area contributed by atoms with E-state index in [1.165, 1.54) is 16.7 Å². The van der Waals surface area contributed by atoms with E-state index >= 15 is 0 Å². The summed E-state index contributed by atoms with van der Waals surface area (Å²) in [5.74, 6) is -3.73. The van der Waals surface area contributed by atoms with Gasteiger partial charge in [-0.15, -0.1) is 0 Å². The zero-order valence-corrected chi connectivity index (χ0v) is 20.3. The van der Waals surface area contributed by atoms with E-state index in [1.807, 2.05) is 12.3 Å². The molecule has 35 heavy (non-hydrogen) atoms. The molecule has 1 saturated heterocycles. The molecule has 11 nitrogen and oxygen atoms in total. The summed E-state index contributed by atoms with van der Waals surface area (Å²) in [5, 5.41) is 23.6. The van der Waals surface area contributed by atoms with Crippen molar-refractivity contribution in [3.63, 3.8) is 0 Å². The van der Waals surface area contributed by atoms with Crippen LogP contribution in [0.5, 0.6) is 0 Å². The molecule has 0 bridgehead atoms. The van der Waals surface area contributed by atoms with E-state index in [0.29, 0.717) is 18.6 Å². The van der Waals surface area contributed by atoms with Crippen molar-refractivity contribution in [3.05, 3.63) is 35.9 Å². The number of hydrogen-bond donors (Lipinski definition) is 5. The van der Waals surface area contributed by atoms with Gasteiger partial charge in [-0.2, -0.15) is 11.8 Å². The van der Waals surface area contributed by atoms with Crippen LogP contribution in [0.1, 0.15) is 31.2 Å². The highest BCUT2D eigenvalue weighted by atomic mass is 32.2. The van der Waals surface area contributed by atoms with Crippen LogP contribution in [-0.2, 0) is 30.4 Å². The number of carboxylic acids is 2. The Labute approximate surface area is 207 Å². The molecule has 2 rings (SSSR count). The van der Waals surface area contributed by atoms with Crippen LogP contribution < -0.4 is 16.4 Å². The maximum Gasteiger partial charge on any atom is 0.326 e. The average Bonchev–Trinajstić information content (AvgIpc) is 3.30. The Hall–Kier alpha value is -3.12. The van der Waals surface area contributed by atoms with Crippen LogP contribution >= 0.6 is 11.8 Å². The van der Waals surface area contributed by atoms with Crippen LogP contribution in [0.25, 0.3) is 0 Å². The molecule has 1 aliphatic heterocycles. The topological polar surface area (TPSA) is 179 Å². The summed E-state index contributed by atoms with van der Waals surface area (Å²) < 4.78 is 0. The largest absolute Gasteiger partial charge is 0.481 e. The second-order valence-corrected chi connectivity index (χ2v) is 9.31. The first-order valence-corrected chi connectivity index (χ1v) is 12.7. The number of nitrogens with zero attached hydrogens (tertiary/aromatic N) is 1. The van der Waals surface area contributed by atoms with Crippen molar-refractivity contribution in [3.8, 4) is 0 Å². The van der Waals surface area contributed by atoms with Gasteiger partial charge in [-0.25, -0.2) is 4.79 Å². The zero-order valence-electron chi connectivity index (χ0n) is 19.5. The predicted molar refractivity (Wildman–Crippen MR) is 130 cm³/mol. The highest BCUT2D eigenvalue weighted by Gasteiger charge is 2.38. The first-order valence-electron chi connectivity index (χ1n) is 11.3. The Kier molecular flexibility index (Phi) is 11.0. The number of carbonyl (C=O) groups excluding carboxylic acids is 3. The molecule has 0 aliphatic carbocycles. The second-order valence-electron chi connectivity index (χ2n) is 8.33. The number of likely N-dealkylation sites (tertiary alicyclic amines) is 1. The van der Waals surface area contributed by atoms with Crippen molar-refractivity contribution in [2.75, 3.05) is 18.6 Å². The maximum atomic E-state index is 13.1. The van der Waals surface area contributed by atoms with Crippen LogP contribution in [0.4, 0.5) is 0 Å². The maximum absolute atomic E-state index is 13.1. The number of hydrogen-bond acceptors (Lipinski definition) is 7. The molecule has 0 spiro atoms. The number of amides is 3. The van der Waals surface area contributed by atoms with Crippen LogP contribution in [-0.4, -0.2) is 87.5 Å². The predicted octanol–water partition coefficient (Wildman–Crippen LogP) is -0.171. The third-order valence-corrected chi connectivity index (χ3v) is 6.34. The molecule has 12 heteroatoms. The number of carbonyl (C=O) groups is 5. The minimum atomic E-state index is -1.28. The normalized spacial score (nSPS) is 17.8. The van der Waals surface area contributed by atoms with Gasteiger partial charge in [0.15, 0.2) is 0 Å². The lowest BCUT2D eigenvalue weighted by Gasteiger charge is -2.28. The molecule has 0 radical (unpaired) electrons. The summed E-state index contributed by atoms with van der Waals surface area (Å²) in [6.45, 7) is 0.246. The Morgan fingerprint density at radius 3 is 2.40 bits per heavy atom. The van der Waals surface area contributed by atoms with Gasteiger partial charge in [-0.1, -0.05) is 30.3 Å². The Morgan fingerprint density at radius 2 is 1.80 bits per heavy atom. The van der Waals surface area contributed by atoms with Crippen LogP contribution in [0, 0.1) is 0 Å². The van der Waals surface area contributed by atoms with Crippen molar-refractivity contribution in [2.24, 2.45) is 5.73 Å². The van der Waals surface area contributed by atoms with Gasteiger partial charge in [-0.3, -0.25) is 19.2 Å². The number of thioether (sulfide) groups is 1. The Morgan fingerprint density at radius 1 is 1.11 bits per heavy atom. The minimum Gasteiger partial charge on any atom is -0.481 e. The fraction of sp³-hybridized carbons (Fsp3) is 0.522. The van der Waals surface area contributed by atoms with E-state index < -0.39 is 60.2 Å². The molecule has 6 N–H and O–H groups in total. The third kappa shape index (κ3) is 8.55. The Bertz CT molecular complexity index is 914. The monoisotopic (exact) mass is 508 g/mol. The molecule has 3 amide bonds. The zero-order chi connectivity index (χ0) is 26.0. The van der Waals surface area contributed by atoms with E-state index in [-0.39, 0.29) is 19.4 Å². The summed E-state index contributed by atoms with van der Waals surface area (Å²) in [6.07, 6.45) is 2.47. The molecular weight excluding hydrogens is 476 g/mol. The molecule has 1 fully saturated rings. The molecule has 1 aromatic carbocycles. The van der Waals surface area contributed by atoms with Crippen LogP contribution in [0.2, 0.25) is 0 Å². The molecular formula is C23H32N4O7S. The first-order chi connectivity index (χ1) is 16.6. The van der Waals surface area contributed by atoms with E-state index in [2.05, 4.69) is 10.6 Å². The number of aliphatic carboxylic acids is 2. The fourth-order valence-electron chi connectivity index (χ4n) is 3.88. The van der Waals surface area contributed by atoms with Crippen molar-refractivity contribution in [1.29, 1.82) is 0 Å². The molecule has 0 aromatic heterocycles. The van der Waals surface area contributed by atoms with Gasteiger partial charge in [0.2, 0.25) is 17.7 Å². The average molecular weight is 509 g/mol. The number of rotatable bonds is 13. The van der Waals surface area contributed by atoms with Crippen molar-refractivity contribution >= 4 is 41.4 Å². The number of nitrogens with one attached hydrogen (secondary N) is 2. The minimum absolute atomic E-state index is 0.118. The van der Waals surface area contributed by atoms with Crippen molar-refractivity contribution < 1.29 is 34.2 Å². The fourth-order valence-corrected chi connectivity index (χ4v) is 4.36. The lowest BCUT2D eigenvalue weighted by Crippen LogP contribution is -2.57. The Balaban J connectivity index is 2.17. The van der Waals surface area contributed by atoms with Crippen molar-refractivity contribution in [1.82, 2.24) is 15.5 Å². The van der Waals surface area contributed by atoms with Gasteiger partial charge >= 0.3 is 11.9 Å². The smallest absolute Gasteiger partial charge is 0.326 e. The summed E-state index contributed by atoms with van der Waals surface area (Å²) in [6, 6.07) is 4.57. The lowest BCUT2D eigenvalue weighted by molar-refractivity contribution is -0.144. The quantitative estimate of drug-likeness (QED) is 0.242. The molecule has 0 saturated carbocycles. The van der Waals surface area contributed by atoms with Gasteiger partial charge in [0, 0.05) is 13.0 Å². The van der Waals surface area contributed by atoms with Gasteiger partial charge in [0.05, 0.1) is 12.5 Å². The third-order valence-electron chi connectivity index (χ3n) is 5.69. The van der Waals surface area contributed by atoms with E-state index in [1.54, 1.807) is 24.3 Å². The van der Waals surface area contributed by atoms with Crippen molar-refractivity contribution in [2.45, 2.75) is 56.3 Å². The molecule has 4 unspecified atom stereocenters. The molecule has 1 heterocycles. The standard InChI is InChI=1S/C23H32N4O7S/c1-35-11-9-16(23(33)34)25-20(30)17(12-14-6-3-2-4-7-14)26-21(31)18-8-5-10-27(18)22(32)15(24)13-19(28)29/h2-4,6-7,15-18H,5,8-13,24H2,1H3,(H,25,30)(H,26,31)(H,28,29)(H,33,34). The van der Waals surface area contributed by atoms with Gasteiger partial charge in [-0.05, 0) is 36.8 Å². The molecule has 4 atom stereocenters. The summed E-state index contributed by atoms with van der Waals surface area (Å²) in [4.78, 5) is 62.6. The van der Waals surface area contributed by atoms with Crippen LogP contribution in [0.15, 0.2) is 30.3 Å². The SMILES string of the molecule is CSCCC(NC(=O)C(Cc1ccccc1)NC(=O)C1CCCN1C(=O)C(N)CC(=O)O)C(=O)O. The lowest BCUT2D eigenvalue weighted by atomic mass is 10.0. The van der Waals surface area contributed by atoms with E-state index in [9.17, 15) is 29.1 Å². The van der Waals surface area contributed by atoms with Gasteiger partial charge < -0.3 is 31.5 Å². The molecule has 192 valence electrons. The molecule has 1 aliphatic rings. The second kappa shape index (κ2) is 13.7. The summed E-state index contributed by atoms with van der Waals surface area (Å²) in [5.41, 5.74) is 6.47. The highest BCUT2D eigenvalue weighted by molar-refractivity contribution is 7.98. The number of benzene rings is 1. The summed E-state index contributed by atoms with van der Waals surface area (Å²) >= 11 is 1.45. The van der Waals surface area contributed by atoms with E-state index in [0.717, 1.165) is 5.56 Å². The number of nitrogens with two attached hydrogens (primary N) is 1.